The van der Waals surface area contributed by atoms with Crippen LogP contribution in [0.2, 0.25) is 0 Å². The molecule has 8 heteroatoms. The lowest BCUT2D eigenvalue weighted by Crippen LogP contribution is -2.43. The van der Waals surface area contributed by atoms with E-state index >= 15 is 0 Å². The van der Waals surface area contributed by atoms with E-state index in [0.717, 1.165) is 0 Å². The average Bonchev–Trinajstić information content (AvgIpc) is 3.39. The third-order valence-corrected chi connectivity index (χ3v) is 4.36. The predicted octanol–water partition coefficient (Wildman–Crippen LogP) is 1.78. The molecule has 0 bridgehead atoms. The van der Waals surface area contributed by atoms with E-state index in [4.69, 9.17) is 13.9 Å². The molecule has 0 N–H and O–H groups in total. The summed E-state index contributed by atoms with van der Waals surface area (Å²) in [6, 6.07) is 3.10. The van der Waals surface area contributed by atoms with Crippen molar-refractivity contribution in [3.63, 3.8) is 0 Å². The molecule has 132 valence electrons. The Morgan fingerprint density at radius 3 is 2.92 bits per heavy atom. The fourth-order valence-corrected chi connectivity index (χ4v) is 2.74. The zero-order chi connectivity index (χ0) is 17.2. The summed E-state index contributed by atoms with van der Waals surface area (Å²) >= 11 is 0. The van der Waals surface area contributed by atoms with Crippen LogP contribution in [0.25, 0.3) is 0 Å². The summed E-state index contributed by atoms with van der Waals surface area (Å²) in [5.41, 5.74) is 0.502. The number of rotatable bonds is 5. The molecule has 2 fully saturated rings. The highest BCUT2D eigenvalue weighted by atomic mass is 16.5. The van der Waals surface area contributed by atoms with Gasteiger partial charge in [-0.3, -0.25) is 4.79 Å². The Morgan fingerprint density at radius 1 is 1.36 bits per heavy atom. The van der Waals surface area contributed by atoms with Gasteiger partial charge < -0.3 is 18.8 Å². The highest BCUT2D eigenvalue weighted by Gasteiger charge is 2.33. The van der Waals surface area contributed by atoms with Crippen LogP contribution in [-0.4, -0.2) is 52.4 Å². The molecule has 0 spiro atoms. The summed E-state index contributed by atoms with van der Waals surface area (Å²) in [5, 5.41) is 7.87. The maximum atomic E-state index is 12.9. The van der Waals surface area contributed by atoms with Crippen molar-refractivity contribution >= 4 is 5.91 Å². The van der Waals surface area contributed by atoms with E-state index in [9.17, 15) is 4.79 Å². The quantitative estimate of drug-likeness (QED) is 0.816. The number of aryl methyl sites for hydroxylation is 1. The third-order valence-electron chi connectivity index (χ3n) is 4.36. The minimum absolute atomic E-state index is 0.134. The second-order valence-electron chi connectivity index (χ2n) is 6.39. The summed E-state index contributed by atoms with van der Waals surface area (Å²) in [6.45, 7) is 3.69. The highest BCUT2D eigenvalue weighted by molar-refractivity contribution is 5.94. The van der Waals surface area contributed by atoms with Gasteiger partial charge in [-0.25, -0.2) is 4.98 Å². The lowest BCUT2D eigenvalue weighted by atomic mass is 10.1. The number of carbonyl (C=O) groups is 1. The average molecular weight is 344 g/mol. The fraction of sp³-hybridized carbons (Fsp3) is 0.529. The van der Waals surface area contributed by atoms with E-state index in [1.807, 2.05) is 0 Å². The summed E-state index contributed by atoms with van der Waals surface area (Å²) < 4.78 is 16.6. The maximum absolute atomic E-state index is 12.9. The van der Waals surface area contributed by atoms with Crippen molar-refractivity contribution in [1.29, 1.82) is 0 Å². The van der Waals surface area contributed by atoms with E-state index in [0.29, 0.717) is 55.5 Å². The van der Waals surface area contributed by atoms with Crippen LogP contribution in [0.15, 0.2) is 22.7 Å². The van der Waals surface area contributed by atoms with Crippen molar-refractivity contribution < 1.29 is 18.7 Å². The Kier molecular flexibility index (Phi) is 4.35. The summed E-state index contributed by atoms with van der Waals surface area (Å²) in [6.07, 6.45) is 4.00. The molecule has 1 amide bonds. The molecule has 2 aromatic rings. The van der Waals surface area contributed by atoms with Crippen LogP contribution in [0.5, 0.6) is 5.88 Å². The van der Waals surface area contributed by atoms with Crippen molar-refractivity contribution in [2.45, 2.75) is 25.8 Å². The van der Waals surface area contributed by atoms with Gasteiger partial charge in [0.05, 0.1) is 25.4 Å². The first kappa shape index (κ1) is 16.0. The third kappa shape index (κ3) is 3.63. The van der Waals surface area contributed by atoms with Gasteiger partial charge in [-0.15, -0.1) is 10.2 Å². The summed E-state index contributed by atoms with van der Waals surface area (Å²) in [4.78, 5) is 18.8. The smallest absolute Gasteiger partial charge is 0.256 e. The number of nitrogens with zero attached hydrogens (tertiary/aromatic N) is 4. The lowest BCUT2D eigenvalue weighted by Gasteiger charge is -2.33. The Morgan fingerprint density at radius 2 is 2.24 bits per heavy atom. The minimum atomic E-state index is -0.381. The Balaban J connectivity index is 1.47. The predicted molar refractivity (Wildman–Crippen MR) is 86.1 cm³/mol. The molecule has 4 rings (SSSR count). The second-order valence-corrected chi connectivity index (χ2v) is 6.39. The first-order valence-electron chi connectivity index (χ1n) is 8.48. The van der Waals surface area contributed by atoms with Crippen molar-refractivity contribution in [2.24, 2.45) is 5.92 Å². The zero-order valence-electron chi connectivity index (χ0n) is 14.1. The molecule has 1 aliphatic carbocycles. The molecule has 8 nitrogen and oxygen atoms in total. The molecule has 1 aliphatic heterocycles. The lowest BCUT2D eigenvalue weighted by molar-refractivity contribution is -0.0106. The molecular weight excluding hydrogens is 324 g/mol. The van der Waals surface area contributed by atoms with Gasteiger partial charge in [0.1, 0.15) is 6.04 Å². The van der Waals surface area contributed by atoms with Gasteiger partial charge in [0.2, 0.25) is 17.7 Å². The molecular formula is C17H20N4O4. The minimum Gasteiger partial charge on any atom is -0.477 e. The van der Waals surface area contributed by atoms with Crippen LogP contribution in [0, 0.1) is 12.8 Å². The standard InChI is InChI=1S/C17H20N4O4/c1-11-19-20-16(25-11)14-10-23-7-6-21(14)17(22)13-4-5-15(18-8-13)24-9-12-2-3-12/h4-5,8,12,14H,2-3,6-7,9-10H2,1H3. The normalized spacial score (nSPS) is 20.5. The van der Waals surface area contributed by atoms with E-state index in [2.05, 4.69) is 15.2 Å². The van der Waals surface area contributed by atoms with Crippen LogP contribution < -0.4 is 4.74 Å². The van der Waals surface area contributed by atoms with Gasteiger partial charge in [0.25, 0.3) is 5.91 Å². The SMILES string of the molecule is Cc1nnc(C2COCCN2C(=O)c2ccc(OCC3CC3)nc2)o1. The van der Waals surface area contributed by atoms with Gasteiger partial charge >= 0.3 is 0 Å². The van der Waals surface area contributed by atoms with Gasteiger partial charge in [0.15, 0.2) is 0 Å². The van der Waals surface area contributed by atoms with Crippen molar-refractivity contribution in [3.8, 4) is 5.88 Å². The molecule has 2 aliphatic rings. The molecule has 1 saturated carbocycles. The second kappa shape index (κ2) is 6.79. The largest absolute Gasteiger partial charge is 0.477 e. The van der Waals surface area contributed by atoms with Gasteiger partial charge in [-0.05, 0) is 24.8 Å². The van der Waals surface area contributed by atoms with Crippen LogP contribution >= 0.6 is 0 Å². The summed E-state index contributed by atoms with van der Waals surface area (Å²) in [7, 11) is 0. The van der Waals surface area contributed by atoms with Crippen molar-refractivity contribution in [1.82, 2.24) is 20.1 Å². The molecule has 1 unspecified atom stereocenters. The number of aromatic nitrogens is 3. The van der Waals surface area contributed by atoms with E-state index < -0.39 is 0 Å². The van der Waals surface area contributed by atoms with Gasteiger partial charge in [-0.1, -0.05) is 0 Å². The molecule has 25 heavy (non-hydrogen) atoms. The highest BCUT2D eigenvalue weighted by Crippen LogP contribution is 2.29. The molecule has 1 atom stereocenters. The topological polar surface area (TPSA) is 90.6 Å². The number of amides is 1. The van der Waals surface area contributed by atoms with Crippen LogP contribution in [-0.2, 0) is 4.74 Å². The van der Waals surface area contributed by atoms with Crippen LogP contribution in [0.4, 0.5) is 0 Å². The number of carbonyl (C=O) groups excluding carboxylic acids is 1. The monoisotopic (exact) mass is 344 g/mol. The van der Waals surface area contributed by atoms with E-state index in [-0.39, 0.29) is 11.9 Å². The maximum Gasteiger partial charge on any atom is 0.256 e. The molecule has 3 heterocycles. The molecule has 1 saturated heterocycles. The van der Waals surface area contributed by atoms with E-state index in [1.54, 1.807) is 30.2 Å². The fourth-order valence-electron chi connectivity index (χ4n) is 2.74. The molecule has 2 aromatic heterocycles. The van der Waals surface area contributed by atoms with Crippen molar-refractivity contribution in [3.05, 3.63) is 35.7 Å². The van der Waals surface area contributed by atoms with Gasteiger partial charge in [0, 0.05) is 25.7 Å². The number of hydrogen-bond acceptors (Lipinski definition) is 7. The number of hydrogen-bond donors (Lipinski definition) is 0. The van der Waals surface area contributed by atoms with Crippen LogP contribution in [0.3, 0.4) is 0 Å². The first-order valence-corrected chi connectivity index (χ1v) is 8.48. The number of morpholine rings is 1. The first-order chi connectivity index (χ1) is 12.2. The summed E-state index contributed by atoms with van der Waals surface area (Å²) in [5.74, 6) is 1.93. The Bertz CT molecular complexity index is 741. The molecule has 0 radical (unpaired) electrons. The van der Waals surface area contributed by atoms with Crippen molar-refractivity contribution in [2.75, 3.05) is 26.4 Å². The number of ether oxygens (including phenoxy) is 2. The Labute approximate surface area is 145 Å². The van der Waals surface area contributed by atoms with Crippen LogP contribution in [0.1, 0.15) is 41.0 Å². The molecule has 0 aromatic carbocycles. The van der Waals surface area contributed by atoms with E-state index in [1.165, 1.54) is 12.8 Å². The Hall–Kier alpha value is -2.48. The zero-order valence-corrected chi connectivity index (χ0v) is 14.1. The van der Waals surface area contributed by atoms with Gasteiger partial charge in [-0.2, -0.15) is 0 Å². The number of pyridine rings is 1.